The lowest BCUT2D eigenvalue weighted by Crippen LogP contribution is -2.18. The van der Waals surface area contributed by atoms with E-state index in [9.17, 15) is 0 Å². The van der Waals surface area contributed by atoms with Crippen LogP contribution in [-0.4, -0.2) is 16.2 Å². The third-order valence-corrected chi connectivity index (χ3v) is 3.35. The molecule has 4 nitrogen and oxygen atoms in total. The molecule has 1 fully saturated rings. The van der Waals surface area contributed by atoms with E-state index in [1.54, 1.807) is 0 Å². The monoisotopic (exact) mass is 223 g/mol. The number of aromatic nitrogens is 2. The number of hydrogen-bond donors (Lipinski definition) is 1. The third-order valence-electron chi connectivity index (χ3n) is 3.35. The van der Waals surface area contributed by atoms with Gasteiger partial charge in [0.05, 0.1) is 0 Å². The highest BCUT2D eigenvalue weighted by Crippen LogP contribution is 2.34. The van der Waals surface area contributed by atoms with E-state index in [2.05, 4.69) is 17.1 Å². The van der Waals surface area contributed by atoms with Gasteiger partial charge in [-0.3, -0.25) is 0 Å². The molecule has 1 aromatic heterocycles. The highest BCUT2D eigenvalue weighted by atomic mass is 16.5. The zero-order valence-corrected chi connectivity index (χ0v) is 10.1. The van der Waals surface area contributed by atoms with Crippen LogP contribution in [0.2, 0.25) is 0 Å². The minimum atomic E-state index is 0.0943. The van der Waals surface area contributed by atoms with Crippen molar-refractivity contribution in [3.05, 3.63) is 11.7 Å². The highest BCUT2D eigenvalue weighted by molar-refractivity contribution is 4.97. The topological polar surface area (TPSA) is 64.9 Å². The average Bonchev–Trinajstić information content (AvgIpc) is 2.66. The third kappa shape index (κ3) is 2.82. The summed E-state index contributed by atoms with van der Waals surface area (Å²) in [5.41, 5.74) is 5.71. The second-order valence-electron chi connectivity index (χ2n) is 5.19. The zero-order valence-electron chi connectivity index (χ0n) is 10.1. The smallest absolute Gasteiger partial charge is 0.229 e. The van der Waals surface area contributed by atoms with Gasteiger partial charge in [0, 0.05) is 18.4 Å². The van der Waals surface area contributed by atoms with Gasteiger partial charge >= 0.3 is 0 Å². The summed E-state index contributed by atoms with van der Waals surface area (Å²) in [6, 6.07) is 0.0943. The van der Waals surface area contributed by atoms with Crippen LogP contribution in [0.3, 0.4) is 0 Å². The van der Waals surface area contributed by atoms with Gasteiger partial charge in [0.25, 0.3) is 0 Å². The molecule has 0 aliphatic heterocycles. The minimum absolute atomic E-state index is 0.0943. The number of hydrogen-bond acceptors (Lipinski definition) is 4. The molecule has 4 heteroatoms. The van der Waals surface area contributed by atoms with Crippen molar-refractivity contribution in [1.29, 1.82) is 0 Å². The number of rotatable bonds is 3. The fraction of sp³-hybridized carbons (Fsp3) is 0.833. The predicted octanol–water partition coefficient (Wildman–Crippen LogP) is 2.25. The first kappa shape index (κ1) is 11.6. The summed E-state index contributed by atoms with van der Waals surface area (Å²) in [4.78, 5) is 4.44. The maximum absolute atomic E-state index is 5.71. The lowest BCUT2D eigenvalue weighted by atomic mass is 9.83. The molecule has 2 N–H and O–H groups in total. The van der Waals surface area contributed by atoms with Gasteiger partial charge in [-0.1, -0.05) is 12.1 Å². The van der Waals surface area contributed by atoms with Crippen molar-refractivity contribution in [2.45, 2.75) is 57.9 Å². The Bertz CT molecular complexity index is 327. The Morgan fingerprint density at radius 2 is 2.06 bits per heavy atom. The molecule has 16 heavy (non-hydrogen) atoms. The molecule has 2 rings (SSSR count). The Labute approximate surface area is 96.6 Å². The van der Waals surface area contributed by atoms with Crippen LogP contribution in [0.4, 0.5) is 0 Å². The summed E-state index contributed by atoms with van der Waals surface area (Å²) >= 11 is 0. The Kier molecular flexibility index (Phi) is 3.59. The molecule has 0 spiro atoms. The molecule has 1 heterocycles. The van der Waals surface area contributed by atoms with E-state index in [1.165, 1.54) is 25.7 Å². The largest absolute Gasteiger partial charge is 0.339 e. The molecular weight excluding hydrogens is 202 g/mol. The standard InChI is InChI=1S/C12H21N3O/c1-8-3-5-10(6-4-8)12-14-11(15-16-12)7-9(2)13/h8-10H,3-7,13H2,1-2H3. The van der Waals surface area contributed by atoms with Crippen molar-refractivity contribution in [2.75, 3.05) is 0 Å². The van der Waals surface area contributed by atoms with Gasteiger partial charge in [-0.2, -0.15) is 4.98 Å². The molecule has 1 aliphatic rings. The van der Waals surface area contributed by atoms with E-state index >= 15 is 0 Å². The van der Waals surface area contributed by atoms with Crippen LogP contribution in [0.5, 0.6) is 0 Å². The second kappa shape index (κ2) is 4.95. The first-order valence-corrected chi connectivity index (χ1v) is 6.23. The zero-order chi connectivity index (χ0) is 11.5. The summed E-state index contributed by atoms with van der Waals surface area (Å²) in [5.74, 6) is 2.90. The van der Waals surface area contributed by atoms with E-state index in [1.807, 2.05) is 6.92 Å². The summed E-state index contributed by atoms with van der Waals surface area (Å²) in [7, 11) is 0. The van der Waals surface area contributed by atoms with Crippen LogP contribution in [0, 0.1) is 5.92 Å². The Morgan fingerprint density at radius 3 is 2.69 bits per heavy atom. The summed E-state index contributed by atoms with van der Waals surface area (Å²) < 4.78 is 5.32. The van der Waals surface area contributed by atoms with E-state index < -0.39 is 0 Å². The quantitative estimate of drug-likeness (QED) is 0.853. The maximum atomic E-state index is 5.71. The van der Waals surface area contributed by atoms with Gasteiger partial charge in [0.1, 0.15) is 0 Å². The molecule has 0 saturated heterocycles. The average molecular weight is 223 g/mol. The SMILES string of the molecule is CC(N)Cc1noc(C2CCC(C)CC2)n1. The van der Waals surface area contributed by atoms with Crippen LogP contribution in [0.15, 0.2) is 4.52 Å². The van der Waals surface area contributed by atoms with E-state index in [0.29, 0.717) is 12.3 Å². The van der Waals surface area contributed by atoms with Crippen molar-refractivity contribution < 1.29 is 4.52 Å². The first-order valence-electron chi connectivity index (χ1n) is 6.23. The van der Waals surface area contributed by atoms with Crippen LogP contribution < -0.4 is 5.73 Å². The van der Waals surface area contributed by atoms with Crippen molar-refractivity contribution in [2.24, 2.45) is 11.7 Å². The Hall–Kier alpha value is -0.900. The van der Waals surface area contributed by atoms with E-state index in [-0.39, 0.29) is 6.04 Å². The molecular formula is C12H21N3O. The minimum Gasteiger partial charge on any atom is -0.339 e. The van der Waals surface area contributed by atoms with Crippen molar-refractivity contribution in [3.8, 4) is 0 Å². The molecule has 1 aromatic rings. The molecule has 1 atom stereocenters. The summed E-state index contributed by atoms with van der Waals surface area (Å²) in [6.45, 7) is 4.27. The lowest BCUT2D eigenvalue weighted by molar-refractivity contribution is 0.280. The van der Waals surface area contributed by atoms with Gasteiger partial charge in [-0.25, -0.2) is 0 Å². The number of nitrogens with zero attached hydrogens (tertiary/aromatic N) is 2. The molecule has 90 valence electrons. The van der Waals surface area contributed by atoms with Crippen molar-refractivity contribution in [3.63, 3.8) is 0 Å². The fourth-order valence-electron chi connectivity index (χ4n) is 2.31. The molecule has 0 amide bonds. The molecule has 1 unspecified atom stereocenters. The predicted molar refractivity (Wildman–Crippen MR) is 62.0 cm³/mol. The Morgan fingerprint density at radius 1 is 1.38 bits per heavy atom. The van der Waals surface area contributed by atoms with Crippen molar-refractivity contribution in [1.82, 2.24) is 10.1 Å². The normalized spacial score (nSPS) is 27.9. The van der Waals surface area contributed by atoms with Gasteiger partial charge in [0.15, 0.2) is 5.82 Å². The maximum Gasteiger partial charge on any atom is 0.229 e. The molecule has 1 aliphatic carbocycles. The molecule has 0 bridgehead atoms. The van der Waals surface area contributed by atoms with Crippen LogP contribution in [0.1, 0.15) is 57.2 Å². The van der Waals surface area contributed by atoms with Gasteiger partial charge in [-0.05, 0) is 38.5 Å². The Balaban J connectivity index is 1.96. The van der Waals surface area contributed by atoms with Crippen LogP contribution in [0.25, 0.3) is 0 Å². The second-order valence-corrected chi connectivity index (χ2v) is 5.19. The van der Waals surface area contributed by atoms with Crippen molar-refractivity contribution >= 4 is 0 Å². The van der Waals surface area contributed by atoms with Gasteiger partial charge < -0.3 is 10.3 Å². The van der Waals surface area contributed by atoms with Crippen LogP contribution in [-0.2, 0) is 6.42 Å². The molecule has 1 saturated carbocycles. The summed E-state index contributed by atoms with van der Waals surface area (Å²) in [6.07, 6.45) is 5.61. The highest BCUT2D eigenvalue weighted by Gasteiger charge is 2.24. The lowest BCUT2D eigenvalue weighted by Gasteiger charge is -2.23. The number of nitrogens with two attached hydrogens (primary N) is 1. The molecule has 0 aromatic carbocycles. The van der Waals surface area contributed by atoms with Gasteiger partial charge in [0.2, 0.25) is 5.89 Å². The first-order chi connectivity index (χ1) is 7.65. The van der Waals surface area contributed by atoms with E-state index in [4.69, 9.17) is 10.3 Å². The van der Waals surface area contributed by atoms with E-state index in [0.717, 1.165) is 17.6 Å². The van der Waals surface area contributed by atoms with Crippen LogP contribution >= 0.6 is 0 Å². The summed E-state index contributed by atoms with van der Waals surface area (Å²) in [5, 5.41) is 3.98. The fourth-order valence-corrected chi connectivity index (χ4v) is 2.31. The van der Waals surface area contributed by atoms with Gasteiger partial charge in [-0.15, -0.1) is 0 Å². The molecule has 0 radical (unpaired) electrons.